The molecule has 160 valence electrons. The number of fused-ring (bicyclic) bond motifs is 1. The van der Waals surface area contributed by atoms with E-state index in [-0.39, 0.29) is 29.8 Å². The highest BCUT2D eigenvalue weighted by Gasteiger charge is 2.22. The van der Waals surface area contributed by atoms with Crippen molar-refractivity contribution < 1.29 is 33.9 Å². The van der Waals surface area contributed by atoms with Crippen molar-refractivity contribution in [1.82, 2.24) is 20.3 Å². The standard InChI is InChI=1S/C18H21N4O7P/c1-10-16(23)14(12(7-20-10)9-29-30(26,27)28)8-21-15(18(24)25)5-11-6-22-17-13(11)3-2-4-19-17/h2-4,6-7,15,21,23H,5,8-9H2,1H3,(H,19,22)(H,24,25)(H2,26,27,28)/t15-/m0/s1. The number of aromatic nitrogens is 3. The van der Waals surface area contributed by atoms with Crippen molar-refractivity contribution in [2.24, 2.45) is 0 Å². The number of carboxylic acids is 1. The number of aromatic amines is 1. The summed E-state index contributed by atoms with van der Waals surface area (Å²) < 4.78 is 15.5. The van der Waals surface area contributed by atoms with E-state index in [0.29, 0.717) is 11.3 Å². The Morgan fingerprint density at radius 2 is 2.10 bits per heavy atom. The Kier molecular flexibility index (Phi) is 6.49. The van der Waals surface area contributed by atoms with Gasteiger partial charge >= 0.3 is 13.8 Å². The molecule has 0 bridgehead atoms. The number of aromatic hydroxyl groups is 1. The second-order valence-electron chi connectivity index (χ2n) is 6.65. The van der Waals surface area contributed by atoms with Gasteiger partial charge in [-0.2, -0.15) is 0 Å². The minimum atomic E-state index is -4.73. The lowest BCUT2D eigenvalue weighted by Crippen LogP contribution is -2.38. The number of H-pyrrole nitrogens is 1. The van der Waals surface area contributed by atoms with E-state index in [1.165, 1.54) is 6.20 Å². The van der Waals surface area contributed by atoms with Crippen LogP contribution in [0.4, 0.5) is 0 Å². The molecule has 3 rings (SSSR count). The molecular formula is C18H21N4O7P. The van der Waals surface area contributed by atoms with Crippen LogP contribution in [0.15, 0.2) is 30.7 Å². The van der Waals surface area contributed by atoms with Crippen LogP contribution in [0, 0.1) is 6.92 Å². The van der Waals surface area contributed by atoms with Crippen molar-refractivity contribution in [3.63, 3.8) is 0 Å². The summed E-state index contributed by atoms with van der Waals surface area (Å²) >= 11 is 0. The van der Waals surface area contributed by atoms with Crippen LogP contribution in [0.5, 0.6) is 5.75 Å². The van der Waals surface area contributed by atoms with Gasteiger partial charge in [-0.25, -0.2) is 9.55 Å². The van der Waals surface area contributed by atoms with E-state index in [0.717, 1.165) is 10.9 Å². The molecule has 1 atom stereocenters. The number of rotatable bonds is 9. The lowest BCUT2D eigenvalue weighted by Gasteiger charge is -2.18. The molecule has 0 amide bonds. The number of pyridine rings is 2. The summed E-state index contributed by atoms with van der Waals surface area (Å²) in [6.07, 6.45) is 4.80. The molecule has 6 N–H and O–H groups in total. The van der Waals surface area contributed by atoms with Gasteiger partial charge < -0.3 is 25.0 Å². The zero-order valence-electron chi connectivity index (χ0n) is 15.9. The van der Waals surface area contributed by atoms with E-state index in [1.807, 2.05) is 6.07 Å². The third kappa shape index (κ3) is 5.21. The molecule has 0 saturated carbocycles. The number of hydrogen-bond acceptors (Lipinski definition) is 7. The third-order valence-corrected chi connectivity index (χ3v) is 5.07. The summed E-state index contributed by atoms with van der Waals surface area (Å²) in [5.74, 6) is -1.29. The lowest BCUT2D eigenvalue weighted by molar-refractivity contribution is -0.139. The molecule has 0 aliphatic rings. The molecule has 0 saturated heterocycles. The van der Waals surface area contributed by atoms with Gasteiger partial charge in [0.15, 0.2) is 0 Å². The Hall–Kier alpha value is -2.82. The molecule has 3 heterocycles. The molecule has 0 unspecified atom stereocenters. The van der Waals surface area contributed by atoms with Crippen molar-refractivity contribution in [2.75, 3.05) is 0 Å². The summed E-state index contributed by atoms with van der Waals surface area (Å²) in [5.41, 5.74) is 2.19. The molecule has 30 heavy (non-hydrogen) atoms. The van der Waals surface area contributed by atoms with Gasteiger partial charge in [0.1, 0.15) is 17.4 Å². The van der Waals surface area contributed by atoms with Crippen LogP contribution >= 0.6 is 7.82 Å². The Balaban J connectivity index is 1.80. The average molecular weight is 436 g/mol. The molecule has 3 aromatic rings. The van der Waals surface area contributed by atoms with E-state index >= 15 is 0 Å². The maximum absolute atomic E-state index is 11.8. The molecule has 11 nitrogen and oxygen atoms in total. The second kappa shape index (κ2) is 8.90. The Labute approximate surface area is 171 Å². The maximum atomic E-state index is 11.8. The first kappa shape index (κ1) is 21.9. The third-order valence-electron chi connectivity index (χ3n) is 4.60. The van der Waals surface area contributed by atoms with Gasteiger partial charge in [0.25, 0.3) is 0 Å². The first-order valence-corrected chi connectivity index (χ1v) is 10.4. The number of carbonyl (C=O) groups is 1. The second-order valence-corrected chi connectivity index (χ2v) is 7.89. The molecule has 0 fully saturated rings. The van der Waals surface area contributed by atoms with E-state index in [4.69, 9.17) is 9.79 Å². The number of nitrogens with zero attached hydrogens (tertiary/aromatic N) is 2. The molecular weight excluding hydrogens is 415 g/mol. The Morgan fingerprint density at radius 3 is 2.80 bits per heavy atom. The van der Waals surface area contributed by atoms with E-state index in [2.05, 4.69) is 24.8 Å². The quantitative estimate of drug-likeness (QED) is 0.268. The van der Waals surface area contributed by atoms with Gasteiger partial charge in [-0.3, -0.25) is 19.6 Å². The monoisotopic (exact) mass is 436 g/mol. The summed E-state index contributed by atoms with van der Waals surface area (Å²) in [5, 5.41) is 23.7. The van der Waals surface area contributed by atoms with Crippen LogP contribution in [-0.2, 0) is 33.5 Å². The smallest absolute Gasteiger partial charge is 0.469 e. The first-order valence-electron chi connectivity index (χ1n) is 8.89. The van der Waals surface area contributed by atoms with Gasteiger partial charge in [0, 0.05) is 48.1 Å². The average Bonchev–Trinajstić information content (AvgIpc) is 3.09. The predicted octanol–water partition coefficient (Wildman–Crippen LogP) is 1.37. The number of hydrogen-bond donors (Lipinski definition) is 6. The summed E-state index contributed by atoms with van der Waals surface area (Å²) in [6.45, 7) is 0.987. The molecule has 0 aromatic carbocycles. The van der Waals surface area contributed by atoms with Crippen LogP contribution in [-0.4, -0.2) is 47.0 Å². The molecule has 0 aliphatic carbocycles. The fourth-order valence-corrected chi connectivity index (χ4v) is 3.34. The van der Waals surface area contributed by atoms with Crippen molar-refractivity contribution in [3.8, 4) is 5.75 Å². The van der Waals surface area contributed by atoms with Crippen LogP contribution in [0.1, 0.15) is 22.4 Å². The molecule has 0 spiro atoms. The normalized spacial score (nSPS) is 12.9. The van der Waals surface area contributed by atoms with Gasteiger partial charge in [-0.05, 0) is 24.6 Å². The van der Waals surface area contributed by atoms with Crippen LogP contribution < -0.4 is 5.32 Å². The van der Waals surface area contributed by atoms with Crippen LogP contribution in [0.2, 0.25) is 0 Å². The van der Waals surface area contributed by atoms with Crippen molar-refractivity contribution in [2.45, 2.75) is 32.5 Å². The van der Waals surface area contributed by atoms with Gasteiger partial charge in [-0.15, -0.1) is 0 Å². The maximum Gasteiger partial charge on any atom is 0.469 e. The van der Waals surface area contributed by atoms with E-state index in [1.54, 1.807) is 25.4 Å². The predicted molar refractivity (Wildman–Crippen MR) is 106 cm³/mol. The minimum Gasteiger partial charge on any atom is -0.506 e. The zero-order valence-corrected chi connectivity index (χ0v) is 16.8. The van der Waals surface area contributed by atoms with E-state index < -0.39 is 26.4 Å². The number of nitrogens with one attached hydrogen (secondary N) is 2. The number of aryl methyl sites for hydroxylation is 1. The highest BCUT2D eigenvalue weighted by molar-refractivity contribution is 7.46. The highest BCUT2D eigenvalue weighted by Crippen LogP contribution is 2.38. The summed E-state index contributed by atoms with van der Waals surface area (Å²) in [4.78, 5) is 40.8. The Morgan fingerprint density at radius 1 is 1.33 bits per heavy atom. The van der Waals surface area contributed by atoms with Gasteiger partial charge in [0.05, 0.1) is 12.3 Å². The topological polar surface area (TPSA) is 178 Å². The zero-order chi connectivity index (χ0) is 21.9. The molecule has 0 aliphatic heterocycles. The fraction of sp³-hybridized carbons (Fsp3) is 0.278. The van der Waals surface area contributed by atoms with Crippen LogP contribution in [0.25, 0.3) is 11.0 Å². The number of aliphatic carboxylic acids is 1. The number of phosphoric acid groups is 1. The summed E-state index contributed by atoms with van der Waals surface area (Å²) in [6, 6.07) is 2.60. The fourth-order valence-electron chi connectivity index (χ4n) is 3.03. The van der Waals surface area contributed by atoms with Gasteiger partial charge in [0.2, 0.25) is 0 Å². The first-order chi connectivity index (χ1) is 14.2. The largest absolute Gasteiger partial charge is 0.506 e. The van der Waals surface area contributed by atoms with Crippen LogP contribution in [0.3, 0.4) is 0 Å². The molecule has 0 radical (unpaired) electrons. The highest BCUT2D eigenvalue weighted by atomic mass is 31.2. The lowest BCUT2D eigenvalue weighted by atomic mass is 10.0. The molecule has 12 heteroatoms. The van der Waals surface area contributed by atoms with Crippen molar-refractivity contribution >= 4 is 24.8 Å². The van der Waals surface area contributed by atoms with Crippen molar-refractivity contribution in [3.05, 3.63) is 53.1 Å². The number of phosphoric ester groups is 1. The number of carboxylic acid groups (broad SMARTS) is 1. The van der Waals surface area contributed by atoms with Crippen molar-refractivity contribution in [1.29, 1.82) is 0 Å². The minimum absolute atomic E-state index is 0.0768. The van der Waals surface area contributed by atoms with E-state index in [9.17, 15) is 19.6 Å². The molecule has 3 aromatic heterocycles. The SMILES string of the molecule is Cc1ncc(COP(=O)(O)O)c(CN[C@@H](Cc2c[nH]c3ncccc23)C(=O)O)c1O. The van der Waals surface area contributed by atoms with Gasteiger partial charge in [-0.1, -0.05) is 0 Å². The summed E-state index contributed by atoms with van der Waals surface area (Å²) in [7, 11) is -4.73. The Bertz CT molecular complexity index is 1110.